The molecule has 1 aliphatic rings. The van der Waals surface area contributed by atoms with Crippen LogP contribution in [-0.4, -0.2) is 213 Å². The van der Waals surface area contributed by atoms with Gasteiger partial charge < -0.3 is 55.7 Å². The zero-order valence-electron chi connectivity index (χ0n) is 61.3. The lowest BCUT2D eigenvalue weighted by atomic mass is 9.83. The molecule has 100 heavy (non-hydrogen) atoms. The number of fused-ring (bicyclic) bond motifs is 1. The summed E-state index contributed by atoms with van der Waals surface area (Å²) in [7, 11) is 8.50. The molecule has 0 spiro atoms. The quantitative estimate of drug-likeness (QED) is 0.0131. The highest BCUT2D eigenvalue weighted by atomic mass is 79.9. The molecule has 0 unspecified atom stereocenters. The minimum Gasteiger partial charge on any atom is -0.379 e. The highest BCUT2D eigenvalue weighted by Crippen LogP contribution is 2.32. The molecule has 0 aliphatic carbocycles. The molecule has 0 saturated carbocycles. The maximum Gasteiger partial charge on any atom is 0.251 e. The Labute approximate surface area is 598 Å². The fourth-order valence-electron chi connectivity index (χ4n) is 13.0. The Kier molecular flexibility index (Phi) is 36.4. The van der Waals surface area contributed by atoms with Gasteiger partial charge in [0, 0.05) is 100 Å². The number of aryl methyl sites for hydroxylation is 1. The first-order valence-electron chi connectivity index (χ1n) is 34.9. The van der Waals surface area contributed by atoms with Crippen LogP contribution in [0.3, 0.4) is 0 Å². The Bertz CT molecular complexity index is 3270. The van der Waals surface area contributed by atoms with Gasteiger partial charge in [0.25, 0.3) is 5.91 Å². The van der Waals surface area contributed by atoms with Crippen LogP contribution in [0, 0.1) is 35.5 Å². The monoisotopic (exact) mass is 1460 g/mol. The van der Waals surface area contributed by atoms with Gasteiger partial charge in [0.15, 0.2) is 17.3 Å². The van der Waals surface area contributed by atoms with Gasteiger partial charge in [0.1, 0.15) is 0 Å². The van der Waals surface area contributed by atoms with E-state index in [-0.39, 0.29) is 125 Å². The van der Waals surface area contributed by atoms with Crippen molar-refractivity contribution in [1.29, 1.82) is 0 Å². The topological polar surface area (TPSA) is 366 Å². The molecule has 0 radical (unpaired) electrons. The van der Waals surface area contributed by atoms with E-state index < -0.39 is 102 Å². The van der Waals surface area contributed by atoms with E-state index in [0.29, 0.717) is 58.9 Å². The number of Topliss-reactive ketones (excluding diaryl/α,β-unsaturated/α-hetero) is 3. The highest BCUT2D eigenvalue weighted by Gasteiger charge is 2.44. The third kappa shape index (κ3) is 25.9. The van der Waals surface area contributed by atoms with Crippen LogP contribution in [0.15, 0.2) is 47.6 Å². The minimum absolute atomic E-state index is 0.00275. The number of benzene rings is 2. The number of ether oxygens (including phenoxy) is 4. The van der Waals surface area contributed by atoms with Crippen LogP contribution < -0.4 is 27.0 Å². The second kappa shape index (κ2) is 42.8. The molecule has 6 N–H and O–H groups in total. The smallest absolute Gasteiger partial charge is 0.251 e. The van der Waals surface area contributed by atoms with E-state index in [9.17, 15) is 53.5 Å². The van der Waals surface area contributed by atoms with Crippen molar-refractivity contribution in [1.82, 2.24) is 45.9 Å². The molecule has 1 aromatic heterocycles. The molecule has 7 amide bonds. The zero-order valence-corrected chi connectivity index (χ0v) is 62.9. The summed E-state index contributed by atoms with van der Waals surface area (Å²) in [5.74, 6) is -6.47. The number of halogens is 1. The third-order valence-electron chi connectivity index (χ3n) is 18.8. The average Bonchev–Trinajstić information content (AvgIpc) is 1.36. The van der Waals surface area contributed by atoms with Crippen molar-refractivity contribution < 1.29 is 66.9 Å². The highest BCUT2D eigenvalue weighted by molar-refractivity contribution is 9.08. The predicted molar refractivity (Wildman–Crippen MR) is 383 cm³/mol. The maximum absolute atomic E-state index is 14.5. The molecule has 28 heteroatoms. The number of ketones is 3. The number of amides is 7. The number of alkyl halides is 1. The lowest BCUT2D eigenvalue weighted by Crippen LogP contribution is -2.54. The molecule has 3 aromatic rings. The van der Waals surface area contributed by atoms with Gasteiger partial charge in [0.2, 0.25) is 35.4 Å². The number of aromatic nitrogens is 2. The van der Waals surface area contributed by atoms with Gasteiger partial charge in [-0.05, 0) is 99.3 Å². The largest absolute Gasteiger partial charge is 0.379 e. The molecule has 1 aliphatic heterocycles. The SMILES string of the molecule is CCc1nc2ccc(C(=O)NCCOCCOCCC(=O)N[C@@H](C)C(=O)C[C@@H](C)C(=O)N[C@@H](CC(N)=O)C(=O)Cc3ccc(C[C@@H](CN=[N+]=[N-])NC(=O)[C@H](C)[C@@H](OC)[C@@H]4CCCN4C(=O)C[C@@H](OC)[C@H]([C@@H](C)CC)N(C)C(=O)[C@@H](CC(=O)[C@H](C(C)C)N(C)C)C(C)C)cc3)cc2nc1CBr. The van der Waals surface area contributed by atoms with Crippen LogP contribution in [0.2, 0.25) is 0 Å². The van der Waals surface area contributed by atoms with E-state index in [4.69, 9.17) is 24.7 Å². The van der Waals surface area contributed by atoms with E-state index in [1.807, 2.05) is 67.5 Å². The predicted octanol–water partition coefficient (Wildman–Crippen LogP) is 6.59. The van der Waals surface area contributed by atoms with Crippen molar-refractivity contribution in [2.75, 3.05) is 81.4 Å². The van der Waals surface area contributed by atoms with Crippen molar-refractivity contribution in [2.24, 2.45) is 46.4 Å². The van der Waals surface area contributed by atoms with E-state index in [1.165, 1.54) is 28.1 Å². The Morgan fingerprint density at radius 3 is 2.01 bits per heavy atom. The van der Waals surface area contributed by atoms with Crippen LogP contribution in [0.5, 0.6) is 0 Å². The summed E-state index contributed by atoms with van der Waals surface area (Å²) in [6.45, 7) is 19.9. The Morgan fingerprint density at radius 2 is 1.42 bits per heavy atom. The number of nitrogens with two attached hydrogens (primary N) is 1. The average molecular weight is 1460 g/mol. The van der Waals surface area contributed by atoms with Crippen molar-refractivity contribution >= 4 is 85.7 Å². The third-order valence-corrected chi connectivity index (χ3v) is 19.3. The molecule has 0 bridgehead atoms. The first-order valence-corrected chi connectivity index (χ1v) is 36.0. The standard InChI is InChI=1S/C72H110BrN13O14/c1-16-44(7)67(85(13)72(96)52(42(3)4)37-61(89)66(43(5)6)84(11)12)62(97-14)39-65(92)86-28-18-19-58(86)68(98-15)46(9)70(94)79-51(41-77-83-75)34-48-20-22-49(23-21-48)35-60(88)56(38-63(74)90)82-69(93)45(8)33-59(87)47(10)78-64(91)26-29-99-31-32-100-30-27-76-71(95)50-24-25-54-55(36-50)81-57(40-73)53(17-2)80-54/h20-25,36,42-47,51-52,56,58,62,66-68H,16-19,26-35,37-41H2,1-15H3,(H2,74,90)(H,76,95)(H,78,91)(H,79,94)(H,82,93)/t44-,45+,46+,47-,51-,52-,56-,58-,62+,66-,67-,68+/m0/s1. The summed E-state index contributed by atoms with van der Waals surface area (Å²) in [4.78, 5) is 153. The lowest BCUT2D eigenvalue weighted by molar-refractivity contribution is -0.149. The van der Waals surface area contributed by atoms with Crippen LogP contribution in [-0.2, 0) is 86.7 Å². The van der Waals surface area contributed by atoms with Gasteiger partial charge in [-0.1, -0.05) is 114 Å². The molecule has 1 fully saturated rings. The summed E-state index contributed by atoms with van der Waals surface area (Å²) in [5.41, 5.74) is 19.6. The van der Waals surface area contributed by atoms with Gasteiger partial charge in [-0.3, -0.25) is 52.8 Å². The summed E-state index contributed by atoms with van der Waals surface area (Å²) < 4.78 is 23.2. The second-order valence-electron chi connectivity index (χ2n) is 27.2. The normalized spacial score (nSPS) is 16.4. The van der Waals surface area contributed by atoms with E-state index in [1.54, 1.807) is 66.2 Å². The van der Waals surface area contributed by atoms with Gasteiger partial charge in [-0.25, -0.2) is 9.97 Å². The number of rotatable bonds is 46. The van der Waals surface area contributed by atoms with Gasteiger partial charge in [-0.15, -0.1) is 0 Å². The van der Waals surface area contributed by atoms with Crippen LogP contribution >= 0.6 is 15.9 Å². The summed E-state index contributed by atoms with van der Waals surface area (Å²) in [6.07, 6.45) is 0.438. The number of azide groups is 1. The first kappa shape index (κ1) is 85.1. The van der Waals surface area contributed by atoms with Crippen molar-refractivity contribution in [3.63, 3.8) is 0 Å². The van der Waals surface area contributed by atoms with Crippen molar-refractivity contribution in [3.8, 4) is 0 Å². The van der Waals surface area contributed by atoms with Gasteiger partial charge in [0.05, 0.1) is 110 Å². The number of carbonyl (C=O) groups excluding carboxylic acids is 10. The number of carbonyl (C=O) groups is 10. The molecule has 4 rings (SSSR count). The number of hydrogen-bond acceptors (Lipinski definition) is 18. The lowest BCUT2D eigenvalue weighted by Gasteiger charge is -2.41. The summed E-state index contributed by atoms with van der Waals surface area (Å²) >= 11 is 3.45. The van der Waals surface area contributed by atoms with E-state index in [0.717, 1.165) is 17.8 Å². The number of likely N-dealkylation sites (tertiary alicyclic amines) is 1. The number of primary amides is 1. The van der Waals surface area contributed by atoms with Crippen LogP contribution in [0.4, 0.5) is 0 Å². The first-order chi connectivity index (χ1) is 47.4. The summed E-state index contributed by atoms with van der Waals surface area (Å²) in [6, 6.07) is 7.76. The van der Waals surface area contributed by atoms with E-state index >= 15 is 0 Å². The molecule has 2 heterocycles. The molecule has 554 valence electrons. The Morgan fingerprint density at radius 1 is 0.760 bits per heavy atom. The van der Waals surface area contributed by atoms with E-state index in [2.05, 4.69) is 57.2 Å². The summed E-state index contributed by atoms with van der Waals surface area (Å²) in [5, 5.41) is 15.4. The fourth-order valence-corrected chi connectivity index (χ4v) is 13.5. The number of nitrogens with zero attached hydrogens (tertiary/aromatic N) is 8. The number of hydrogen-bond donors (Lipinski definition) is 5. The molecular formula is C72H110BrN13O14. The van der Waals surface area contributed by atoms with Crippen molar-refractivity contribution in [2.45, 2.75) is 194 Å². The molecule has 27 nitrogen and oxygen atoms in total. The number of likely N-dealkylation sites (N-methyl/N-ethyl adjacent to an activating group) is 2. The second-order valence-corrected chi connectivity index (χ2v) is 27.7. The minimum atomic E-state index is -1.31. The van der Waals surface area contributed by atoms with Crippen LogP contribution in [0.25, 0.3) is 21.5 Å². The van der Waals surface area contributed by atoms with Crippen molar-refractivity contribution in [3.05, 3.63) is 81.0 Å². The molecular weight excluding hydrogens is 1350 g/mol. The van der Waals surface area contributed by atoms with Crippen LogP contribution in [0.1, 0.15) is 153 Å². The van der Waals surface area contributed by atoms with Gasteiger partial charge >= 0.3 is 0 Å². The maximum atomic E-state index is 14.5. The number of nitrogens with one attached hydrogen (secondary N) is 4. The molecule has 2 aromatic carbocycles. The Hall–Kier alpha value is -7.33. The molecule has 1 saturated heterocycles. The zero-order chi connectivity index (χ0) is 74.5. The Balaban J connectivity index is 1.26. The fraction of sp³-hybridized carbons (Fsp3) is 0.667. The van der Waals surface area contributed by atoms with Gasteiger partial charge in [-0.2, -0.15) is 0 Å². The number of methoxy groups -OCH3 is 2. The molecule has 12 atom stereocenters.